The Labute approximate surface area is 146 Å². The van der Waals surface area contributed by atoms with Crippen LogP contribution in [0, 0.1) is 0 Å². The first-order chi connectivity index (χ1) is 12.2. The summed E-state index contributed by atoms with van der Waals surface area (Å²) in [4.78, 5) is 11.7. The SMILES string of the molecule is C=CC(=O)c1ccc2cc(Oc3ccc4ccccc4c3)ccc2c1. The summed E-state index contributed by atoms with van der Waals surface area (Å²) in [5.41, 5.74) is 0.644. The first-order valence-corrected chi connectivity index (χ1v) is 8.10. The smallest absolute Gasteiger partial charge is 0.185 e. The van der Waals surface area contributed by atoms with E-state index in [-0.39, 0.29) is 5.78 Å². The number of carbonyl (C=O) groups excluding carboxylic acids is 1. The highest BCUT2D eigenvalue weighted by atomic mass is 16.5. The fraction of sp³-hybridized carbons (Fsp3) is 0. The molecule has 0 aliphatic heterocycles. The van der Waals surface area contributed by atoms with Crippen LogP contribution in [-0.4, -0.2) is 5.78 Å². The lowest BCUT2D eigenvalue weighted by molar-refractivity contribution is 0.104. The Morgan fingerprint density at radius 2 is 1.28 bits per heavy atom. The minimum Gasteiger partial charge on any atom is -0.457 e. The van der Waals surface area contributed by atoms with Gasteiger partial charge in [0.05, 0.1) is 0 Å². The van der Waals surface area contributed by atoms with Crippen LogP contribution < -0.4 is 4.74 Å². The number of benzene rings is 4. The summed E-state index contributed by atoms with van der Waals surface area (Å²) in [5.74, 6) is 1.50. The van der Waals surface area contributed by atoms with Crippen molar-refractivity contribution < 1.29 is 9.53 Å². The van der Waals surface area contributed by atoms with Crippen LogP contribution in [-0.2, 0) is 0 Å². The van der Waals surface area contributed by atoms with E-state index in [1.165, 1.54) is 11.5 Å². The molecule has 0 atom stereocenters. The predicted octanol–water partition coefficient (Wildman–Crippen LogP) is 6.15. The van der Waals surface area contributed by atoms with E-state index in [2.05, 4.69) is 24.8 Å². The molecule has 0 aliphatic carbocycles. The minimum atomic E-state index is -0.0709. The maximum absolute atomic E-state index is 11.7. The molecule has 0 fully saturated rings. The van der Waals surface area contributed by atoms with E-state index in [9.17, 15) is 4.79 Å². The van der Waals surface area contributed by atoms with E-state index in [1.54, 1.807) is 0 Å². The highest BCUT2D eigenvalue weighted by molar-refractivity contribution is 6.06. The summed E-state index contributed by atoms with van der Waals surface area (Å²) in [6.45, 7) is 3.53. The van der Waals surface area contributed by atoms with Gasteiger partial charge in [-0.2, -0.15) is 0 Å². The third kappa shape index (κ3) is 3.02. The van der Waals surface area contributed by atoms with Crippen LogP contribution in [0.25, 0.3) is 21.5 Å². The summed E-state index contributed by atoms with van der Waals surface area (Å²) in [7, 11) is 0. The molecule has 2 heteroatoms. The highest BCUT2D eigenvalue weighted by Gasteiger charge is 2.05. The standard InChI is InChI=1S/C23H16O2/c1-2-23(24)20-8-7-19-15-22(12-10-18(19)13-20)25-21-11-9-16-5-3-4-6-17(16)14-21/h2-15H,1H2. The molecular weight excluding hydrogens is 308 g/mol. The molecule has 0 amide bonds. The van der Waals surface area contributed by atoms with Crippen molar-refractivity contribution in [1.82, 2.24) is 0 Å². The quantitative estimate of drug-likeness (QED) is 0.332. The van der Waals surface area contributed by atoms with Crippen LogP contribution in [0.3, 0.4) is 0 Å². The maximum atomic E-state index is 11.7. The number of carbonyl (C=O) groups is 1. The third-order valence-corrected chi connectivity index (χ3v) is 4.24. The van der Waals surface area contributed by atoms with Gasteiger partial charge in [0.2, 0.25) is 0 Å². The fourth-order valence-corrected chi connectivity index (χ4v) is 2.93. The van der Waals surface area contributed by atoms with Crippen molar-refractivity contribution in [2.45, 2.75) is 0 Å². The van der Waals surface area contributed by atoms with Crippen molar-refractivity contribution in [3.8, 4) is 11.5 Å². The summed E-state index contributed by atoms with van der Waals surface area (Å²) in [5, 5.41) is 4.36. The molecule has 0 saturated heterocycles. The first kappa shape index (κ1) is 15.2. The van der Waals surface area contributed by atoms with E-state index in [0.717, 1.165) is 27.7 Å². The molecule has 0 radical (unpaired) electrons. The molecule has 0 aromatic heterocycles. The molecule has 0 unspecified atom stereocenters. The lowest BCUT2D eigenvalue weighted by atomic mass is 10.0. The average Bonchev–Trinajstić information content (AvgIpc) is 2.67. The fourth-order valence-electron chi connectivity index (χ4n) is 2.93. The topological polar surface area (TPSA) is 26.3 Å². The van der Waals surface area contributed by atoms with E-state index < -0.39 is 0 Å². The van der Waals surface area contributed by atoms with Gasteiger partial charge in [-0.15, -0.1) is 0 Å². The second kappa shape index (κ2) is 6.25. The molecule has 0 heterocycles. The molecule has 25 heavy (non-hydrogen) atoms. The number of hydrogen-bond acceptors (Lipinski definition) is 2. The second-order valence-corrected chi connectivity index (χ2v) is 5.90. The number of ether oxygens (including phenoxy) is 1. The van der Waals surface area contributed by atoms with Crippen molar-refractivity contribution in [2.24, 2.45) is 0 Å². The highest BCUT2D eigenvalue weighted by Crippen LogP contribution is 2.28. The average molecular weight is 324 g/mol. The Balaban J connectivity index is 1.66. The normalized spacial score (nSPS) is 10.7. The Bertz CT molecular complexity index is 1110. The van der Waals surface area contributed by atoms with E-state index in [4.69, 9.17) is 4.74 Å². The van der Waals surface area contributed by atoms with Gasteiger partial charge in [-0.25, -0.2) is 0 Å². The van der Waals surface area contributed by atoms with Crippen molar-refractivity contribution in [3.05, 3.63) is 97.1 Å². The Kier molecular flexibility index (Phi) is 3.79. The Hall–Kier alpha value is -3.39. The van der Waals surface area contributed by atoms with Gasteiger partial charge in [0, 0.05) is 5.56 Å². The Morgan fingerprint density at radius 1 is 0.720 bits per heavy atom. The first-order valence-electron chi connectivity index (χ1n) is 8.10. The zero-order valence-corrected chi connectivity index (χ0v) is 13.6. The molecule has 4 aromatic rings. The molecule has 0 aliphatic rings. The lowest BCUT2D eigenvalue weighted by Crippen LogP contribution is -1.93. The maximum Gasteiger partial charge on any atom is 0.185 e. The molecular formula is C23H16O2. The zero-order valence-electron chi connectivity index (χ0n) is 13.6. The molecule has 0 bridgehead atoms. The monoisotopic (exact) mass is 324 g/mol. The van der Waals surface area contributed by atoms with Crippen LogP contribution in [0.15, 0.2) is 91.5 Å². The molecule has 2 nitrogen and oxygen atoms in total. The van der Waals surface area contributed by atoms with Crippen molar-refractivity contribution in [3.63, 3.8) is 0 Å². The van der Waals surface area contributed by atoms with Crippen LogP contribution in [0.1, 0.15) is 10.4 Å². The zero-order chi connectivity index (χ0) is 17.2. The number of allylic oxidation sites excluding steroid dienone is 1. The van der Waals surface area contributed by atoms with Gasteiger partial charge in [0.15, 0.2) is 5.78 Å². The van der Waals surface area contributed by atoms with Gasteiger partial charge in [-0.1, -0.05) is 55.1 Å². The van der Waals surface area contributed by atoms with Gasteiger partial charge >= 0.3 is 0 Å². The van der Waals surface area contributed by atoms with Gasteiger partial charge in [0.1, 0.15) is 11.5 Å². The molecule has 4 rings (SSSR count). The number of fused-ring (bicyclic) bond motifs is 2. The molecule has 0 spiro atoms. The van der Waals surface area contributed by atoms with Gasteiger partial charge in [0.25, 0.3) is 0 Å². The number of hydrogen-bond donors (Lipinski definition) is 0. The summed E-state index contributed by atoms with van der Waals surface area (Å²) >= 11 is 0. The number of rotatable bonds is 4. The lowest BCUT2D eigenvalue weighted by Gasteiger charge is -2.08. The van der Waals surface area contributed by atoms with Crippen LogP contribution in [0.2, 0.25) is 0 Å². The van der Waals surface area contributed by atoms with Gasteiger partial charge in [-0.3, -0.25) is 4.79 Å². The van der Waals surface area contributed by atoms with E-state index in [1.807, 2.05) is 60.7 Å². The van der Waals surface area contributed by atoms with Gasteiger partial charge in [-0.05, 0) is 58.0 Å². The van der Waals surface area contributed by atoms with Crippen molar-refractivity contribution in [1.29, 1.82) is 0 Å². The largest absolute Gasteiger partial charge is 0.457 e. The second-order valence-electron chi connectivity index (χ2n) is 5.90. The Morgan fingerprint density at radius 3 is 2.00 bits per heavy atom. The van der Waals surface area contributed by atoms with Crippen LogP contribution in [0.5, 0.6) is 11.5 Å². The predicted molar refractivity (Wildman–Crippen MR) is 102 cm³/mol. The van der Waals surface area contributed by atoms with Crippen molar-refractivity contribution >= 4 is 27.3 Å². The van der Waals surface area contributed by atoms with Crippen LogP contribution >= 0.6 is 0 Å². The molecule has 0 saturated carbocycles. The van der Waals surface area contributed by atoms with E-state index >= 15 is 0 Å². The molecule has 120 valence electrons. The summed E-state index contributed by atoms with van der Waals surface area (Å²) < 4.78 is 6.01. The minimum absolute atomic E-state index is 0.0709. The summed E-state index contributed by atoms with van der Waals surface area (Å²) in [6, 6.07) is 25.7. The summed E-state index contributed by atoms with van der Waals surface area (Å²) in [6.07, 6.45) is 1.33. The number of ketones is 1. The van der Waals surface area contributed by atoms with Crippen LogP contribution in [0.4, 0.5) is 0 Å². The van der Waals surface area contributed by atoms with E-state index in [0.29, 0.717) is 5.56 Å². The third-order valence-electron chi connectivity index (χ3n) is 4.24. The molecule has 4 aromatic carbocycles. The molecule has 0 N–H and O–H groups in total. The van der Waals surface area contributed by atoms with Gasteiger partial charge < -0.3 is 4.74 Å². The van der Waals surface area contributed by atoms with Crippen molar-refractivity contribution in [2.75, 3.05) is 0 Å².